The minimum Gasteiger partial charge on any atom is -0.344 e. The van der Waals surface area contributed by atoms with E-state index in [1.165, 1.54) is 25.7 Å². The Bertz CT molecular complexity index is 307. The fraction of sp³-hybridized carbons (Fsp3) is 0.727. The zero-order chi connectivity index (χ0) is 10.7. The Morgan fingerprint density at radius 3 is 2.80 bits per heavy atom. The van der Waals surface area contributed by atoms with Crippen molar-refractivity contribution in [2.24, 2.45) is 0 Å². The second-order valence-electron chi connectivity index (χ2n) is 4.09. The summed E-state index contributed by atoms with van der Waals surface area (Å²) in [5.74, 6) is 0.690. The van der Waals surface area contributed by atoms with Gasteiger partial charge in [-0.2, -0.15) is 0 Å². The summed E-state index contributed by atoms with van der Waals surface area (Å²) in [5.41, 5.74) is 1.12. The molecule has 1 heterocycles. The minimum absolute atomic E-state index is 0.675. The molecule has 2 nitrogen and oxygen atoms in total. The van der Waals surface area contributed by atoms with Crippen molar-refractivity contribution in [3.8, 4) is 0 Å². The van der Waals surface area contributed by atoms with Gasteiger partial charge in [0.25, 0.3) is 0 Å². The van der Waals surface area contributed by atoms with Crippen molar-refractivity contribution in [2.45, 2.75) is 38.6 Å². The standard InChI is InChI=1S/C11H17ClN2S/c1-9-8-15-11(13-9)14(7-6-12)10-4-2-3-5-10/h8,10H,2-7H2,1H3. The minimum atomic E-state index is 0.675. The molecule has 1 aromatic heterocycles. The third-order valence-electron chi connectivity index (χ3n) is 2.94. The van der Waals surface area contributed by atoms with Crippen LogP contribution in [0.15, 0.2) is 5.38 Å². The molecule has 15 heavy (non-hydrogen) atoms. The zero-order valence-electron chi connectivity index (χ0n) is 9.08. The van der Waals surface area contributed by atoms with Crippen molar-refractivity contribution in [2.75, 3.05) is 17.3 Å². The number of aromatic nitrogens is 1. The normalized spacial score (nSPS) is 17.2. The number of anilines is 1. The summed E-state index contributed by atoms with van der Waals surface area (Å²) in [4.78, 5) is 6.96. The van der Waals surface area contributed by atoms with Crippen LogP contribution in [0, 0.1) is 6.92 Å². The first-order valence-corrected chi connectivity index (χ1v) is 6.97. The summed E-state index contributed by atoms with van der Waals surface area (Å²) in [6, 6.07) is 0.675. The lowest BCUT2D eigenvalue weighted by Gasteiger charge is -2.27. The van der Waals surface area contributed by atoms with Gasteiger partial charge in [-0.25, -0.2) is 4.98 Å². The molecule has 0 aliphatic heterocycles. The summed E-state index contributed by atoms with van der Waals surface area (Å²) < 4.78 is 0. The fourth-order valence-electron chi connectivity index (χ4n) is 2.21. The Morgan fingerprint density at radius 2 is 2.27 bits per heavy atom. The Hall–Kier alpha value is -0.280. The summed E-state index contributed by atoms with van der Waals surface area (Å²) in [7, 11) is 0. The Labute approximate surface area is 100 Å². The van der Waals surface area contributed by atoms with Gasteiger partial charge in [0.1, 0.15) is 0 Å². The first kappa shape index (κ1) is 11.2. The Balaban J connectivity index is 2.11. The van der Waals surface area contributed by atoms with Crippen LogP contribution >= 0.6 is 22.9 Å². The smallest absolute Gasteiger partial charge is 0.185 e. The van der Waals surface area contributed by atoms with E-state index in [1.807, 2.05) is 6.92 Å². The number of thiazole rings is 1. The van der Waals surface area contributed by atoms with Gasteiger partial charge in [-0.15, -0.1) is 22.9 Å². The molecule has 0 N–H and O–H groups in total. The number of hydrogen-bond donors (Lipinski definition) is 0. The van der Waals surface area contributed by atoms with E-state index < -0.39 is 0 Å². The SMILES string of the molecule is Cc1csc(N(CCCl)C2CCCC2)n1. The lowest BCUT2D eigenvalue weighted by Crippen LogP contribution is -2.34. The molecule has 0 aromatic carbocycles. The van der Waals surface area contributed by atoms with Crippen molar-refractivity contribution in [1.82, 2.24) is 4.98 Å². The molecule has 84 valence electrons. The molecule has 1 fully saturated rings. The first-order valence-electron chi connectivity index (χ1n) is 5.56. The van der Waals surface area contributed by atoms with Gasteiger partial charge in [0.05, 0.1) is 5.69 Å². The molecule has 2 rings (SSSR count). The van der Waals surface area contributed by atoms with Gasteiger partial charge in [0.2, 0.25) is 0 Å². The molecule has 1 aromatic rings. The molecule has 1 saturated carbocycles. The van der Waals surface area contributed by atoms with Crippen LogP contribution in [-0.2, 0) is 0 Å². The molecule has 4 heteroatoms. The molecule has 1 aliphatic rings. The number of aryl methyl sites for hydroxylation is 1. The van der Waals surface area contributed by atoms with Crippen molar-refractivity contribution in [3.63, 3.8) is 0 Å². The van der Waals surface area contributed by atoms with E-state index in [9.17, 15) is 0 Å². The maximum Gasteiger partial charge on any atom is 0.185 e. The summed E-state index contributed by atoms with van der Waals surface area (Å²) in [5, 5.41) is 3.27. The lowest BCUT2D eigenvalue weighted by molar-refractivity contribution is 0.619. The molecule has 0 radical (unpaired) electrons. The predicted molar refractivity (Wildman–Crippen MR) is 67.2 cm³/mol. The van der Waals surface area contributed by atoms with Crippen LogP contribution in [0.25, 0.3) is 0 Å². The highest BCUT2D eigenvalue weighted by atomic mass is 35.5. The lowest BCUT2D eigenvalue weighted by atomic mass is 10.2. The quantitative estimate of drug-likeness (QED) is 0.755. The number of alkyl halides is 1. The molecular formula is C11H17ClN2S. The van der Waals surface area contributed by atoms with Crippen LogP contribution in [0.5, 0.6) is 0 Å². The largest absolute Gasteiger partial charge is 0.344 e. The number of rotatable bonds is 4. The molecule has 0 amide bonds. The highest BCUT2D eigenvalue weighted by Crippen LogP contribution is 2.30. The monoisotopic (exact) mass is 244 g/mol. The van der Waals surface area contributed by atoms with E-state index in [-0.39, 0.29) is 0 Å². The van der Waals surface area contributed by atoms with E-state index >= 15 is 0 Å². The number of hydrogen-bond acceptors (Lipinski definition) is 3. The average molecular weight is 245 g/mol. The van der Waals surface area contributed by atoms with Gasteiger partial charge < -0.3 is 4.90 Å². The van der Waals surface area contributed by atoms with Crippen LogP contribution < -0.4 is 4.90 Å². The predicted octanol–water partition coefficient (Wildman–Crippen LogP) is 3.44. The first-order chi connectivity index (χ1) is 7.31. The average Bonchev–Trinajstić information content (AvgIpc) is 2.85. The van der Waals surface area contributed by atoms with E-state index in [0.29, 0.717) is 11.9 Å². The molecule has 0 spiro atoms. The second-order valence-corrected chi connectivity index (χ2v) is 5.31. The fourth-order valence-corrected chi connectivity index (χ4v) is 3.30. The maximum absolute atomic E-state index is 5.87. The van der Waals surface area contributed by atoms with Gasteiger partial charge in [-0.05, 0) is 19.8 Å². The van der Waals surface area contributed by atoms with Crippen molar-refractivity contribution in [3.05, 3.63) is 11.1 Å². The van der Waals surface area contributed by atoms with E-state index in [4.69, 9.17) is 11.6 Å². The van der Waals surface area contributed by atoms with Crippen LogP contribution in [-0.4, -0.2) is 23.5 Å². The Morgan fingerprint density at radius 1 is 1.53 bits per heavy atom. The van der Waals surface area contributed by atoms with Crippen LogP contribution in [0.3, 0.4) is 0 Å². The molecule has 1 aliphatic carbocycles. The third kappa shape index (κ3) is 2.64. The summed E-state index contributed by atoms with van der Waals surface area (Å²) >= 11 is 7.61. The number of nitrogens with zero attached hydrogens (tertiary/aromatic N) is 2. The molecule has 0 atom stereocenters. The van der Waals surface area contributed by atoms with E-state index in [0.717, 1.165) is 17.4 Å². The van der Waals surface area contributed by atoms with Crippen LogP contribution in [0.1, 0.15) is 31.4 Å². The van der Waals surface area contributed by atoms with Crippen molar-refractivity contribution in [1.29, 1.82) is 0 Å². The van der Waals surface area contributed by atoms with Gasteiger partial charge in [0.15, 0.2) is 5.13 Å². The van der Waals surface area contributed by atoms with Gasteiger partial charge >= 0.3 is 0 Å². The summed E-state index contributed by atoms with van der Waals surface area (Å²) in [6.07, 6.45) is 5.31. The third-order valence-corrected chi connectivity index (χ3v) is 4.11. The molecular weight excluding hydrogens is 228 g/mol. The topological polar surface area (TPSA) is 16.1 Å². The van der Waals surface area contributed by atoms with Gasteiger partial charge in [-0.1, -0.05) is 12.8 Å². The van der Waals surface area contributed by atoms with Crippen LogP contribution in [0.4, 0.5) is 5.13 Å². The van der Waals surface area contributed by atoms with Crippen LogP contribution in [0.2, 0.25) is 0 Å². The van der Waals surface area contributed by atoms with E-state index in [2.05, 4.69) is 15.3 Å². The molecule has 0 unspecified atom stereocenters. The second kappa shape index (κ2) is 5.17. The van der Waals surface area contributed by atoms with E-state index in [1.54, 1.807) is 11.3 Å². The summed E-state index contributed by atoms with van der Waals surface area (Å²) in [6.45, 7) is 2.98. The number of halogens is 1. The molecule has 0 saturated heterocycles. The van der Waals surface area contributed by atoms with Crippen molar-refractivity contribution >= 4 is 28.1 Å². The van der Waals surface area contributed by atoms with Gasteiger partial charge in [0, 0.05) is 23.8 Å². The maximum atomic E-state index is 5.87. The molecule has 0 bridgehead atoms. The van der Waals surface area contributed by atoms with Gasteiger partial charge in [-0.3, -0.25) is 0 Å². The highest BCUT2D eigenvalue weighted by Gasteiger charge is 2.24. The Kier molecular flexibility index (Phi) is 3.87. The highest BCUT2D eigenvalue weighted by molar-refractivity contribution is 7.13. The zero-order valence-corrected chi connectivity index (χ0v) is 10.7. The van der Waals surface area contributed by atoms with Crippen molar-refractivity contribution < 1.29 is 0 Å².